The molecule has 0 amide bonds. The van der Waals surface area contributed by atoms with E-state index in [1.165, 1.54) is 18.4 Å². The lowest BCUT2D eigenvalue weighted by Crippen LogP contribution is -2.36. The van der Waals surface area contributed by atoms with E-state index in [4.69, 9.17) is 0 Å². The van der Waals surface area contributed by atoms with Crippen molar-refractivity contribution < 1.29 is 5.11 Å². The summed E-state index contributed by atoms with van der Waals surface area (Å²) in [4.78, 5) is 0. The van der Waals surface area contributed by atoms with Crippen LogP contribution in [0.25, 0.3) is 0 Å². The van der Waals surface area contributed by atoms with Gasteiger partial charge in [0, 0.05) is 0 Å². The predicted molar refractivity (Wildman–Crippen MR) is 59.0 cm³/mol. The highest BCUT2D eigenvalue weighted by molar-refractivity contribution is 5.18. The molecule has 1 heteroatoms. The standard InChI is InChI=1S/C13H22O/c1-9-6-10(2)12-4-5-13(3,14)8-11(12)7-9/h7,9-10,12,14H,4-6,8H2,1-3H3. The Morgan fingerprint density at radius 1 is 1.43 bits per heavy atom. The Labute approximate surface area is 87.2 Å². The molecule has 0 saturated heterocycles. The van der Waals surface area contributed by atoms with Crippen LogP contribution in [0, 0.1) is 17.8 Å². The average molecular weight is 194 g/mol. The molecule has 0 spiro atoms. The minimum Gasteiger partial charge on any atom is -0.390 e. The summed E-state index contributed by atoms with van der Waals surface area (Å²) in [6, 6.07) is 0. The first-order chi connectivity index (χ1) is 6.48. The summed E-state index contributed by atoms with van der Waals surface area (Å²) in [7, 11) is 0. The molecule has 4 atom stereocenters. The van der Waals surface area contributed by atoms with Gasteiger partial charge in [0.05, 0.1) is 5.60 Å². The lowest BCUT2D eigenvalue weighted by atomic mass is 9.66. The molecule has 1 N–H and O–H groups in total. The van der Waals surface area contributed by atoms with Crippen molar-refractivity contribution >= 4 is 0 Å². The molecule has 2 rings (SSSR count). The van der Waals surface area contributed by atoms with Gasteiger partial charge in [-0.3, -0.25) is 0 Å². The summed E-state index contributed by atoms with van der Waals surface area (Å²) in [6.45, 7) is 6.64. The number of rotatable bonds is 0. The molecule has 14 heavy (non-hydrogen) atoms. The van der Waals surface area contributed by atoms with Gasteiger partial charge in [-0.1, -0.05) is 25.5 Å². The minimum absolute atomic E-state index is 0.431. The zero-order valence-corrected chi connectivity index (χ0v) is 9.59. The third-order valence-electron chi connectivity index (χ3n) is 3.98. The van der Waals surface area contributed by atoms with Crippen LogP contribution in [0.15, 0.2) is 11.6 Å². The molecule has 2 aliphatic rings. The number of hydrogen-bond acceptors (Lipinski definition) is 1. The highest BCUT2D eigenvalue weighted by Crippen LogP contribution is 2.44. The van der Waals surface area contributed by atoms with E-state index < -0.39 is 5.60 Å². The molecule has 0 aromatic heterocycles. The van der Waals surface area contributed by atoms with Gasteiger partial charge >= 0.3 is 0 Å². The van der Waals surface area contributed by atoms with Crippen LogP contribution in [0.1, 0.15) is 46.5 Å². The molecule has 4 unspecified atom stereocenters. The van der Waals surface area contributed by atoms with Crippen molar-refractivity contribution in [3.05, 3.63) is 11.6 Å². The van der Waals surface area contributed by atoms with E-state index in [2.05, 4.69) is 19.9 Å². The van der Waals surface area contributed by atoms with Gasteiger partial charge < -0.3 is 5.11 Å². The van der Waals surface area contributed by atoms with Crippen LogP contribution in [-0.2, 0) is 0 Å². The van der Waals surface area contributed by atoms with E-state index in [1.807, 2.05) is 6.92 Å². The molecule has 0 radical (unpaired) electrons. The molecule has 1 nitrogen and oxygen atoms in total. The second kappa shape index (κ2) is 3.37. The highest BCUT2D eigenvalue weighted by Gasteiger charge is 2.37. The summed E-state index contributed by atoms with van der Waals surface area (Å²) in [5.74, 6) is 2.30. The van der Waals surface area contributed by atoms with Crippen LogP contribution >= 0.6 is 0 Å². The molecule has 1 saturated carbocycles. The van der Waals surface area contributed by atoms with Gasteiger partial charge in [0.1, 0.15) is 0 Å². The predicted octanol–water partition coefficient (Wildman–Crippen LogP) is 3.14. The fourth-order valence-corrected chi connectivity index (χ4v) is 3.33. The molecule has 0 aromatic rings. The summed E-state index contributed by atoms with van der Waals surface area (Å²) in [5, 5.41) is 10.0. The monoisotopic (exact) mass is 194 g/mol. The Morgan fingerprint density at radius 3 is 2.86 bits per heavy atom. The fourth-order valence-electron chi connectivity index (χ4n) is 3.33. The number of hydrogen-bond donors (Lipinski definition) is 1. The molecule has 0 bridgehead atoms. The van der Waals surface area contributed by atoms with Crippen molar-refractivity contribution in [1.29, 1.82) is 0 Å². The highest BCUT2D eigenvalue weighted by atomic mass is 16.3. The Balaban J connectivity index is 2.19. The normalized spacial score (nSPS) is 48.3. The lowest BCUT2D eigenvalue weighted by molar-refractivity contribution is 0.0205. The minimum atomic E-state index is -0.431. The Kier molecular flexibility index (Phi) is 2.46. The van der Waals surface area contributed by atoms with Gasteiger partial charge in [-0.05, 0) is 50.4 Å². The van der Waals surface area contributed by atoms with Crippen LogP contribution in [0.4, 0.5) is 0 Å². The molecular formula is C13H22O. The maximum atomic E-state index is 10.0. The van der Waals surface area contributed by atoms with Crippen molar-refractivity contribution in [2.45, 2.75) is 52.1 Å². The van der Waals surface area contributed by atoms with Crippen LogP contribution < -0.4 is 0 Å². The number of aliphatic hydroxyl groups is 1. The van der Waals surface area contributed by atoms with Crippen LogP contribution in [0.2, 0.25) is 0 Å². The van der Waals surface area contributed by atoms with Crippen LogP contribution in [0.5, 0.6) is 0 Å². The molecule has 1 fully saturated rings. The van der Waals surface area contributed by atoms with Crippen molar-refractivity contribution in [2.24, 2.45) is 17.8 Å². The second-order valence-electron chi connectivity index (χ2n) is 5.75. The molecule has 0 aromatic carbocycles. The first-order valence-electron chi connectivity index (χ1n) is 5.91. The number of allylic oxidation sites excluding steroid dienone is 1. The topological polar surface area (TPSA) is 20.2 Å². The Morgan fingerprint density at radius 2 is 2.14 bits per heavy atom. The molecule has 0 heterocycles. The van der Waals surface area contributed by atoms with Crippen molar-refractivity contribution in [3.63, 3.8) is 0 Å². The van der Waals surface area contributed by atoms with Crippen LogP contribution in [-0.4, -0.2) is 10.7 Å². The van der Waals surface area contributed by atoms with Crippen molar-refractivity contribution in [2.75, 3.05) is 0 Å². The van der Waals surface area contributed by atoms with E-state index >= 15 is 0 Å². The first kappa shape index (κ1) is 10.2. The van der Waals surface area contributed by atoms with E-state index in [1.54, 1.807) is 0 Å². The molecule has 2 aliphatic carbocycles. The summed E-state index contributed by atoms with van der Waals surface area (Å²) >= 11 is 0. The van der Waals surface area contributed by atoms with Gasteiger partial charge in [-0.2, -0.15) is 0 Å². The van der Waals surface area contributed by atoms with Gasteiger partial charge in [0.15, 0.2) is 0 Å². The summed E-state index contributed by atoms with van der Waals surface area (Å²) in [5.41, 5.74) is 1.10. The van der Waals surface area contributed by atoms with E-state index in [0.29, 0.717) is 5.92 Å². The van der Waals surface area contributed by atoms with Crippen LogP contribution in [0.3, 0.4) is 0 Å². The van der Waals surface area contributed by atoms with E-state index in [0.717, 1.165) is 24.7 Å². The zero-order valence-electron chi connectivity index (χ0n) is 9.59. The summed E-state index contributed by atoms with van der Waals surface area (Å²) in [6.07, 6.45) is 6.82. The van der Waals surface area contributed by atoms with E-state index in [-0.39, 0.29) is 0 Å². The lowest BCUT2D eigenvalue weighted by Gasteiger charge is -2.42. The Bertz CT molecular complexity index is 252. The quantitative estimate of drug-likeness (QED) is 0.587. The number of fused-ring (bicyclic) bond motifs is 1. The summed E-state index contributed by atoms with van der Waals surface area (Å²) < 4.78 is 0. The third kappa shape index (κ3) is 1.88. The Hall–Kier alpha value is -0.300. The molecule has 80 valence electrons. The first-order valence-corrected chi connectivity index (χ1v) is 5.91. The maximum absolute atomic E-state index is 10.0. The van der Waals surface area contributed by atoms with Gasteiger partial charge in [0.25, 0.3) is 0 Å². The third-order valence-corrected chi connectivity index (χ3v) is 3.98. The molecule has 0 aliphatic heterocycles. The van der Waals surface area contributed by atoms with Gasteiger partial charge in [-0.25, -0.2) is 0 Å². The van der Waals surface area contributed by atoms with Crippen molar-refractivity contribution in [1.82, 2.24) is 0 Å². The smallest absolute Gasteiger partial charge is 0.0657 e. The SMILES string of the molecule is CC1C=C2CC(C)(O)CCC2C(C)C1. The van der Waals surface area contributed by atoms with Gasteiger partial charge in [0.2, 0.25) is 0 Å². The second-order valence-corrected chi connectivity index (χ2v) is 5.75. The molecular weight excluding hydrogens is 172 g/mol. The fraction of sp³-hybridized carbons (Fsp3) is 0.846. The van der Waals surface area contributed by atoms with E-state index in [9.17, 15) is 5.11 Å². The van der Waals surface area contributed by atoms with Gasteiger partial charge in [-0.15, -0.1) is 0 Å². The zero-order chi connectivity index (χ0) is 10.3. The van der Waals surface area contributed by atoms with Crippen molar-refractivity contribution in [3.8, 4) is 0 Å². The maximum Gasteiger partial charge on any atom is 0.0657 e. The average Bonchev–Trinajstić information content (AvgIpc) is 2.00. The largest absolute Gasteiger partial charge is 0.390 e.